The number of benzene rings is 1. The number of rotatable bonds is 8. The summed E-state index contributed by atoms with van der Waals surface area (Å²) >= 11 is 3.00. The van der Waals surface area contributed by atoms with Crippen LogP contribution in [0.1, 0.15) is 45.1 Å². The van der Waals surface area contributed by atoms with Gasteiger partial charge in [-0.05, 0) is 35.1 Å². The van der Waals surface area contributed by atoms with Gasteiger partial charge < -0.3 is 10.6 Å². The zero-order valence-corrected chi connectivity index (χ0v) is 16.7. The van der Waals surface area contributed by atoms with Crippen molar-refractivity contribution in [3.63, 3.8) is 0 Å². The Morgan fingerprint density at radius 3 is 2.59 bits per heavy atom. The van der Waals surface area contributed by atoms with Crippen LogP contribution in [0.3, 0.4) is 0 Å². The summed E-state index contributed by atoms with van der Waals surface area (Å²) in [6.45, 7) is 5.22. The van der Waals surface area contributed by atoms with Gasteiger partial charge in [0.1, 0.15) is 10.8 Å². The van der Waals surface area contributed by atoms with Gasteiger partial charge >= 0.3 is 0 Å². The van der Waals surface area contributed by atoms with Gasteiger partial charge in [-0.1, -0.05) is 43.4 Å². The molecule has 0 aliphatic heterocycles. The molecule has 0 radical (unpaired) electrons. The Labute approximate surface area is 165 Å². The van der Waals surface area contributed by atoms with Crippen molar-refractivity contribution in [1.29, 1.82) is 0 Å². The molecule has 1 unspecified atom stereocenters. The highest BCUT2D eigenvalue weighted by Crippen LogP contribution is 2.26. The topological polar surface area (TPSA) is 66.9 Å². The smallest absolute Gasteiger partial charge is 0.282 e. The van der Waals surface area contributed by atoms with Crippen molar-refractivity contribution in [3.05, 3.63) is 68.1 Å². The molecule has 0 fully saturated rings. The van der Waals surface area contributed by atoms with Crippen LogP contribution in [-0.2, 0) is 13.1 Å². The number of aromatic nitrogens is 2. The fraction of sp³-hybridized carbons (Fsp3) is 0.316. The maximum atomic E-state index is 12.9. The molecule has 8 heteroatoms. The van der Waals surface area contributed by atoms with Gasteiger partial charge in [-0.2, -0.15) is 0 Å². The number of carbonyl (C=O) groups is 1. The first-order valence-corrected chi connectivity index (χ1v) is 10.3. The fourth-order valence-corrected chi connectivity index (χ4v) is 4.29. The van der Waals surface area contributed by atoms with Crippen LogP contribution in [0.5, 0.6) is 0 Å². The molecule has 2 N–H and O–H groups in total. The molecule has 1 atom stereocenters. The van der Waals surface area contributed by atoms with E-state index in [1.165, 1.54) is 28.3 Å². The van der Waals surface area contributed by atoms with E-state index in [4.69, 9.17) is 0 Å². The highest BCUT2D eigenvalue weighted by molar-refractivity contribution is 7.13. The molecule has 3 rings (SSSR count). The normalized spacial score (nSPS) is 12.3. The van der Waals surface area contributed by atoms with Crippen molar-refractivity contribution >= 4 is 28.6 Å². The molecular formula is C19H21FN4OS2. The van der Waals surface area contributed by atoms with Gasteiger partial charge in [0.15, 0.2) is 0 Å². The lowest BCUT2D eigenvalue weighted by Gasteiger charge is -2.20. The number of halogens is 1. The van der Waals surface area contributed by atoms with E-state index in [1.54, 1.807) is 23.5 Å². The predicted molar refractivity (Wildman–Crippen MR) is 106 cm³/mol. The van der Waals surface area contributed by atoms with Crippen LogP contribution in [-0.4, -0.2) is 16.1 Å². The summed E-state index contributed by atoms with van der Waals surface area (Å²) in [6.07, 6.45) is 0. The molecule has 142 valence electrons. The number of hydrogen-bond acceptors (Lipinski definition) is 6. The molecule has 2 heterocycles. The van der Waals surface area contributed by atoms with Crippen LogP contribution in [0.2, 0.25) is 0 Å². The quantitative estimate of drug-likeness (QED) is 0.592. The summed E-state index contributed by atoms with van der Waals surface area (Å²) in [5.74, 6) is -0.134. The zero-order chi connectivity index (χ0) is 19.2. The van der Waals surface area contributed by atoms with E-state index in [0.29, 0.717) is 24.0 Å². The minimum atomic E-state index is -0.298. The van der Waals surface area contributed by atoms with Crippen molar-refractivity contribution in [2.24, 2.45) is 5.92 Å². The van der Waals surface area contributed by atoms with Crippen molar-refractivity contribution in [2.45, 2.75) is 33.0 Å². The lowest BCUT2D eigenvalue weighted by Crippen LogP contribution is -2.24. The van der Waals surface area contributed by atoms with Gasteiger partial charge in [-0.25, -0.2) is 4.39 Å². The molecule has 0 bridgehead atoms. The van der Waals surface area contributed by atoms with Gasteiger partial charge in [0.2, 0.25) is 5.01 Å². The summed E-state index contributed by atoms with van der Waals surface area (Å²) in [7, 11) is 0. The average molecular weight is 405 g/mol. The second kappa shape index (κ2) is 9.16. The molecular weight excluding hydrogens is 383 g/mol. The number of hydrogen-bond donors (Lipinski definition) is 2. The Kier molecular flexibility index (Phi) is 6.65. The van der Waals surface area contributed by atoms with E-state index >= 15 is 0 Å². The Hall–Kier alpha value is -2.16. The third kappa shape index (κ3) is 5.41. The number of nitrogens with zero attached hydrogens (tertiary/aromatic N) is 2. The molecule has 0 saturated carbocycles. The minimum Gasteiger partial charge on any atom is -0.346 e. The Bertz CT molecular complexity index is 862. The molecule has 0 aliphatic carbocycles. The predicted octanol–water partition coefficient (Wildman–Crippen LogP) is 4.16. The van der Waals surface area contributed by atoms with E-state index in [2.05, 4.69) is 46.1 Å². The highest BCUT2D eigenvalue weighted by Gasteiger charge is 2.18. The number of amides is 1. The molecule has 2 aromatic heterocycles. The van der Waals surface area contributed by atoms with Crippen molar-refractivity contribution in [1.82, 2.24) is 20.8 Å². The van der Waals surface area contributed by atoms with Crippen molar-refractivity contribution in [2.75, 3.05) is 0 Å². The van der Waals surface area contributed by atoms with Gasteiger partial charge in [-0.15, -0.1) is 21.5 Å². The molecule has 0 spiro atoms. The van der Waals surface area contributed by atoms with Crippen molar-refractivity contribution < 1.29 is 9.18 Å². The van der Waals surface area contributed by atoms with Crippen LogP contribution in [0.15, 0.2) is 41.8 Å². The summed E-state index contributed by atoms with van der Waals surface area (Å²) < 4.78 is 12.9. The molecule has 1 aromatic carbocycles. The third-order valence-electron chi connectivity index (χ3n) is 4.02. The van der Waals surface area contributed by atoms with Gasteiger partial charge in [0.05, 0.1) is 6.54 Å². The highest BCUT2D eigenvalue weighted by atomic mass is 32.1. The maximum absolute atomic E-state index is 12.9. The monoisotopic (exact) mass is 404 g/mol. The first kappa shape index (κ1) is 19.6. The molecule has 27 heavy (non-hydrogen) atoms. The second-order valence-corrected chi connectivity index (χ2v) is 8.47. The van der Waals surface area contributed by atoms with E-state index in [0.717, 1.165) is 10.6 Å². The Morgan fingerprint density at radius 2 is 1.93 bits per heavy atom. The zero-order valence-electron chi connectivity index (χ0n) is 15.1. The van der Waals surface area contributed by atoms with Crippen molar-refractivity contribution in [3.8, 4) is 0 Å². The average Bonchev–Trinajstić information content (AvgIpc) is 3.33. The van der Waals surface area contributed by atoms with Crippen LogP contribution in [0.25, 0.3) is 0 Å². The fourth-order valence-electron chi connectivity index (χ4n) is 2.61. The van der Waals surface area contributed by atoms with Crippen LogP contribution < -0.4 is 10.6 Å². The number of thiophene rings is 1. The molecule has 0 aliphatic rings. The van der Waals surface area contributed by atoms with E-state index in [9.17, 15) is 9.18 Å². The maximum Gasteiger partial charge on any atom is 0.282 e. The number of carbonyl (C=O) groups excluding carboxylic acids is 1. The summed E-state index contributed by atoms with van der Waals surface area (Å²) in [4.78, 5) is 13.5. The van der Waals surface area contributed by atoms with Crippen LogP contribution in [0, 0.1) is 11.7 Å². The second-order valence-electron chi connectivity index (χ2n) is 6.43. The Balaban J connectivity index is 1.54. The largest absolute Gasteiger partial charge is 0.346 e. The van der Waals surface area contributed by atoms with Gasteiger partial charge in [-0.3, -0.25) is 4.79 Å². The molecule has 5 nitrogen and oxygen atoms in total. The molecule has 1 amide bonds. The summed E-state index contributed by atoms with van der Waals surface area (Å²) in [5, 5.41) is 17.6. The summed E-state index contributed by atoms with van der Waals surface area (Å²) in [6, 6.07) is 10.4. The van der Waals surface area contributed by atoms with E-state index < -0.39 is 0 Å². The lowest BCUT2D eigenvalue weighted by molar-refractivity contribution is 0.0950. The minimum absolute atomic E-state index is 0.240. The molecule has 0 saturated heterocycles. The first-order chi connectivity index (χ1) is 13.0. The van der Waals surface area contributed by atoms with Gasteiger partial charge in [0.25, 0.3) is 5.91 Å². The lowest BCUT2D eigenvalue weighted by atomic mass is 10.0. The van der Waals surface area contributed by atoms with E-state index in [-0.39, 0.29) is 17.8 Å². The standard InChI is InChI=1S/C19H21FN4OS2/c1-12(2)17(15-4-3-9-26-15)21-11-16-23-24-19(27-16)18(25)22-10-13-5-7-14(20)8-6-13/h3-9,12,17,21H,10-11H2,1-2H3,(H,22,25). The summed E-state index contributed by atoms with van der Waals surface area (Å²) in [5.41, 5.74) is 0.826. The number of nitrogens with one attached hydrogen (secondary N) is 2. The third-order valence-corrected chi connectivity index (χ3v) is 5.89. The van der Waals surface area contributed by atoms with E-state index in [1.807, 2.05) is 6.07 Å². The van der Waals surface area contributed by atoms with Gasteiger partial charge in [0, 0.05) is 17.5 Å². The Morgan fingerprint density at radius 1 is 1.15 bits per heavy atom. The molecule has 3 aromatic rings. The van der Waals surface area contributed by atoms with Crippen LogP contribution in [0.4, 0.5) is 4.39 Å². The SMILES string of the molecule is CC(C)C(NCc1nnc(C(=O)NCc2ccc(F)cc2)s1)c1cccs1. The first-order valence-electron chi connectivity index (χ1n) is 8.64. The van der Waals surface area contributed by atoms with Crippen LogP contribution >= 0.6 is 22.7 Å².